The predicted octanol–water partition coefficient (Wildman–Crippen LogP) is 2.81. The maximum atomic E-state index is 13.4. The summed E-state index contributed by atoms with van der Waals surface area (Å²) in [6.45, 7) is 5.17. The number of nitrogens with one attached hydrogen (secondary N) is 1. The normalized spacial score (nSPS) is 31.5. The van der Waals surface area contributed by atoms with Crippen LogP contribution in [0.5, 0.6) is 0 Å². The Balaban J connectivity index is 2.11. The van der Waals surface area contributed by atoms with Crippen molar-refractivity contribution >= 4 is 5.91 Å². The van der Waals surface area contributed by atoms with Crippen LogP contribution >= 0.6 is 0 Å². The maximum Gasteiger partial charge on any atom is 0.404 e. The Kier molecular flexibility index (Phi) is 4.85. The van der Waals surface area contributed by atoms with Gasteiger partial charge in [0.25, 0.3) is 0 Å². The number of hydrogen-bond acceptors (Lipinski definition) is 2. The van der Waals surface area contributed by atoms with Crippen LogP contribution in [0.15, 0.2) is 0 Å². The molecule has 1 amide bonds. The quantitative estimate of drug-likeness (QED) is 0.851. The molecule has 2 aliphatic heterocycles. The molecule has 0 bridgehead atoms. The third kappa shape index (κ3) is 3.20. The molecule has 0 saturated carbocycles. The standard InChI is InChI=1S/C15H25F3N2O/c1-11(2)12-4-3-8-20(9-5-12)13(21)14(15(16,17)18)6-7-19-10-14/h11-12,19H,3-10H2,1-2H3. The molecule has 6 heteroatoms. The first-order chi connectivity index (χ1) is 9.78. The summed E-state index contributed by atoms with van der Waals surface area (Å²) in [6, 6.07) is 0. The predicted molar refractivity (Wildman–Crippen MR) is 74.7 cm³/mol. The molecule has 0 aliphatic carbocycles. The van der Waals surface area contributed by atoms with Gasteiger partial charge in [-0.25, -0.2) is 0 Å². The Labute approximate surface area is 124 Å². The van der Waals surface area contributed by atoms with Crippen LogP contribution in [0.3, 0.4) is 0 Å². The summed E-state index contributed by atoms with van der Waals surface area (Å²) < 4.78 is 40.3. The summed E-state index contributed by atoms with van der Waals surface area (Å²) in [7, 11) is 0. The Morgan fingerprint density at radius 3 is 2.52 bits per heavy atom. The number of alkyl halides is 3. The highest BCUT2D eigenvalue weighted by Gasteiger charge is 2.62. The minimum absolute atomic E-state index is 0.139. The van der Waals surface area contributed by atoms with Gasteiger partial charge in [0.1, 0.15) is 0 Å². The molecular weight excluding hydrogens is 281 g/mol. The third-order valence-corrected chi connectivity index (χ3v) is 5.11. The number of nitrogens with zero attached hydrogens (tertiary/aromatic N) is 1. The van der Waals surface area contributed by atoms with Crippen LogP contribution in [-0.4, -0.2) is 43.2 Å². The molecule has 2 fully saturated rings. The first-order valence-electron chi connectivity index (χ1n) is 7.85. The molecule has 2 heterocycles. The van der Waals surface area contributed by atoms with Gasteiger partial charge in [0.2, 0.25) is 5.91 Å². The van der Waals surface area contributed by atoms with Gasteiger partial charge in [-0.05, 0) is 44.1 Å². The average Bonchev–Trinajstić information content (AvgIpc) is 2.77. The topological polar surface area (TPSA) is 32.3 Å². The van der Waals surface area contributed by atoms with Gasteiger partial charge in [-0.15, -0.1) is 0 Å². The van der Waals surface area contributed by atoms with Crippen molar-refractivity contribution in [2.75, 3.05) is 26.2 Å². The Hall–Kier alpha value is -0.780. The number of halogens is 3. The van der Waals surface area contributed by atoms with Crippen molar-refractivity contribution in [2.45, 2.75) is 45.7 Å². The highest BCUT2D eigenvalue weighted by molar-refractivity contribution is 5.84. The van der Waals surface area contributed by atoms with Crippen molar-refractivity contribution in [2.24, 2.45) is 17.3 Å². The van der Waals surface area contributed by atoms with E-state index in [1.807, 2.05) is 0 Å². The molecule has 21 heavy (non-hydrogen) atoms. The van der Waals surface area contributed by atoms with E-state index in [9.17, 15) is 18.0 Å². The van der Waals surface area contributed by atoms with Crippen LogP contribution in [-0.2, 0) is 4.79 Å². The fourth-order valence-corrected chi connectivity index (χ4v) is 3.53. The minimum Gasteiger partial charge on any atom is -0.342 e. The monoisotopic (exact) mass is 306 g/mol. The van der Waals surface area contributed by atoms with E-state index < -0.39 is 17.5 Å². The first kappa shape index (κ1) is 16.6. The van der Waals surface area contributed by atoms with Crippen LogP contribution in [0, 0.1) is 17.3 Å². The molecule has 0 aromatic heterocycles. The fourth-order valence-electron chi connectivity index (χ4n) is 3.53. The van der Waals surface area contributed by atoms with Gasteiger partial charge in [0, 0.05) is 19.6 Å². The molecule has 2 rings (SSSR count). The number of amides is 1. The fraction of sp³-hybridized carbons (Fsp3) is 0.933. The summed E-state index contributed by atoms with van der Waals surface area (Å²) >= 11 is 0. The highest BCUT2D eigenvalue weighted by Crippen LogP contribution is 2.44. The molecule has 3 nitrogen and oxygen atoms in total. The molecule has 0 aromatic carbocycles. The van der Waals surface area contributed by atoms with Gasteiger partial charge in [0.05, 0.1) is 0 Å². The van der Waals surface area contributed by atoms with Gasteiger partial charge < -0.3 is 10.2 Å². The van der Waals surface area contributed by atoms with Gasteiger partial charge in [-0.2, -0.15) is 13.2 Å². The zero-order chi connectivity index (χ0) is 15.7. The molecule has 2 saturated heterocycles. The largest absolute Gasteiger partial charge is 0.404 e. The van der Waals surface area contributed by atoms with Crippen LogP contribution in [0.2, 0.25) is 0 Å². The van der Waals surface area contributed by atoms with E-state index in [1.165, 1.54) is 4.90 Å². The summed E-state index contributed by atoms with van der Waals surface area (Å²) in [4.78, 5) is 14.0. The van der Waals surface area contributed by atoms with Crippen molar-refractivity contribution in [1.82, 2.24) is 10.2 Å². The minimum atomic E-state index is -4.47. The SMILES string of the molecule is CC(C)C1CCCN(C(=O)C2(C(F)(F)F)CCNC2)CC1. The van der Waals surface area contributed by atoms with E-state index in [0.717, 1.165) is 19.3 Å². The maximum absolute atomic E-state index is 13.4. The average molecular weight is 306 g/mol. The van der Waals surface area contributed by atoms with E-state index >= 15 is 0 Å². The number of likely N-dealkylation sites (tertiary alicyclic amines) is 1. The van der Waals surface area contributed by atoms with E-state index in [0.29, 0.717) is 24.9 Å². The second-order valence-corrected chi connectivity index (χ2v) is 6.73. The van der Waals surface area contributed by atoms with Crippen molar-refractivity contribution in [3.63, 3.8) is 0 Å². The zero-order valence-corrected chi connectivity index (χ0v) is 12.8. The lowest BCUT2D eigenvalue weighted by atomic mass is 9.84. The lowest BCUT2D eigenvalue weighted by Crippen LogP contribution is -2.53. The Morgan fingerprint density at radius 2 is 2.00 bits per heavy atom. The molecule has 0 aromatic rings. The lowest BCUT2D eigenvalue weighted by Gasteiger charge is -2.35. The van der Waals surface area contributed by atoms with Crippen molar-refractivity contribution < 1.29 is 18.0 Å². The summed E-state index contributed by atoms with van der Waals surface area (Å²) in [5.41, 5.74) is -2.20. The van der Waals surface area contributed by atoms with Crippen LogP contribution in [0.4, 0.5) is 13.2 Å². The van der Waals surface area contributed by atoms with Gasteiger partial charge in [-0.1, -0.05) is 13.8 Å². The Morgan fingerprint density at radius 1 is 1.29 bits per heavy atom. The van der Waals surface area contributed by atoms with E-state index in [1.54, 1.807) is 0 Å². The summed E-state index contributed by atoms with van der Waals surface area (Å²) in [6.07, 6.45) is -2.00. The van der Waals surface area contributed by atoms with Gasteiger partial charge >= 0.3 is 6.18 Å². The van der Waals surface area contributed by atoms with E-state index in [-0.39, 0.29) is 19.5 Å². The second-order valence-electron chi connectivity index (χ2n) is 6.73. The Bertz CT molecular complexity index is 376. The molecule has 122 valence electrons. The molecular formula is C15H25F3N2O. The lowest BCUT2D eigenvalue weighted by molar-refractivity contribution is -0.221. The first-order valence-corrected chi connectivity index (χ1v) is 7.85. The number of carbonyl (C=O) groups is 1. The van der Waals surface area contributed by atoms with Gasteiger partial charge in [0.15, 0.2) is 5.41 Å². The van der Waals surface area contributed by atoms with Crippen molar-refractivity contribution in [3.05, 3.63) is 0 Å². The molecule has 1 N–H and O–H groups in total. The molecule has 0 radical (unpaired) electrons. The molecule has 0 spiro atoms. The molecule has 2 aliphatic rings. The number of hydrogen-bond donors (Lipinski definition) is 1. The number of rotatable bonds is 2. The summed E-state index contributed by atoms with van der Waals surface area (Å²) in [5.74, 6) is 0.306. The van der Waals surface area contributed by atoms with E-state index in [2.05, 4.69) is 19.2 Å². The van der Waals surface area contributed by atoms with E-state index in [4.69, 9.17) is 0 Å². The molecule has 2 atom stereocenters. The number of carbonyl (C=O) groups excluding carboxylic acids is 1. The highest BCUT2D eigenvalue weighted by atomic mass is 19.4. The third-order valence-electron chi connectivity index (χ3n) is 5.11. The van der Waals surface area contributed by atoms with Crippen LogP contribution in [0.25, 0.3) is 0 Å². The van der Waals surface area contributed by atoms with Crippen molar-refractivity contribution in [1.29, 1.82) is 0 Å². The smallest absolute Gasteiger partial charge is 0.342 e. The molecule has 2 unspecified atom stereocenters. The summed E-state index contributed by atoms with van der Waals surface area (Å²) in [5, 5.41) is 2.71. The van der Waals surface area contributed by atoms with Gasteiger partial charge in [-0.3, -0.25) is 4.79 Å². The van der Waals surface area contributed by atoms with Crippen molar-refractivity contribution in [3.8, 4) is 0 Å². The second kappa shape index (κ2) is 6.15. The van der Waals surface area contributed by atoms with Crippen LogP contribution in [0.1, 0.15) is 39.5 Å². The zero-order valence-electron chi connectivity index (χ0n) is 12.8. The van der Waals surface area contributed by atoms with Crippen LogP contribution < -0.4 is 5.32 Å².